The molecule has 0 aliphatic heterocycles. The number of carbonyl (C=O) groups is 1. The molecule has 162 valence electrons. The SMILES string of the molecule is CCCCCCCCCCC(=O)C=C(O)C=Cc1ccc(O)c(OCCCC)c1. The zero-order chi connectivity index (χ0) is 21.3. The number of aliphatic hydroxyl groups is 1. The molecule has 1 aromatic carbocycles. The molecule has 0 aromatic heterocycles. The van der Waals surface area contributed by atoms with Crippen molar-refractivity contribution in [3.05, 3.63) is 41.7 Å². The van der Waals surface area contributed by atoms with Crippen molar-refractivity contribution in [3.63, 3.8) is 0 Å². The number of phenols is 1. The highest BCUT2D eigenvalue weighted by molar-refractivity contribution is 5.90. The highest BCUT2D eigenvalue weighted by Crippen LogP contribution is 2.27. The molecule has 0 radical (unpaired) electrons. The van der Waals surface area contributed by atoms with Crippen LogP contribution in [0.1, 0.15) is 90.0 Å². The lowest BCUT2D eigenvalue weighted by Gasteiger charge is -2.08. The fraction of sp³-hybridized carbons (Fsp3) is 0.560. The summed E-state index contributed by atoms with van der Waals surface area (Å²) in [5, 5.41) is 19.8. The summed E-state index contributed by atoms with van der Waals surface area (Å²) >= 11 is 0. The van der Waals surface area contributed by atoms with E-state index in [0.717, 1.165) is 31.2 Å². The minimum Gasteiger partial charge on any atom is -0.508 e. The first-order valence-corrected chi connectivity index (χ1v) is 11.1. The Labute approximate surface area is 176 Å². The Morgan fingerprint density at radius 3 is 2.31 bits per heavy atom. The molecule has 0 fully saturated rings. The lowest BCUT2D eigenvalue weighted by atomic mass is 10.1. The molecule has 0 heterocycles. The van der Waals surface area contributed by atoms with Crippen LogP contribution in [0.2, 0.25) is 0 Å². The van der Waals surface area contributed by atoms with E-state index in [4.69, 9.17) is 4.74 Å². The zero-order valence-corrected chi connectivity index (χ0v) is 18.2. The van der Waals surface area contributed by atoms with Gasteiger partial charge in [-0.3, -0.25) is 4.79 Å². The summed E-state index contributed by atoms with van der Waals surface area (Å²) in [6.45, 7) is 4.85. The Bertz CT molecular complexity index is 646. The molecule has 0 saturated heterocycles. The van der Waals surface area contributed by atoms with Crippen LogP contribution in [0, 0.1) is 0 Å². The number of hydrogen-bond acceptors (Lipinski definition) is 4. The Kier molecular flexibility index (Phi) is 13.4. The van der Waals surface area contributed by atoms with E-state index in [2.05, 4.69) is 13.8 Å². The molecule has 0 bridgehead atoms. The molecule has 0 aliphatic carbocycles. The summed E-state index contributed by atoms with van der Waals surface area (Å²) in [6.07, 6.45) is 16.4. The van der Waals surface area contributed by atoms with Gasteiger partial charge in [0.1, 0.15) is 5.76 Å². The van der Waals surface area contributed by atoms with Crippen LogP contribution in [0.25, 0.3) is 6.08 Å². The van der Waals surface area contributed by atoms with Gasteiger partial charge in [0.2, 0.25) is 0 Å². The minimum absolute atomic E-state index is 0.0487. The Morgan fingerprint density at radius 1 is 0.966 bits per heavy atom. The van der Waals surface area contributed by atoms with Crippen molar-refractivity contribution in [1.29, 1.82) is 0 Å². The largest absolute Gasteiger partial charge is 0.508 e. The van der Waals surface area contributed by atoms with Crippen LogP contribution in [-0.4, -0.2) is 22.6 Å². The van der Waals surface area contributed by atoms with Crippen LogP contribution < -0.4 is 4.74 Å². The molecule has 0 aliphatic rings. The topological polar surface area (TPSA) is 66.8 Å². The van der Waals surface area contributed by atoms with Crippen LogP contribution in [-0.2, 0) is 4.79 Å². The number of ether oxygens (including phenoxy) is 1. The van der Waals surface area contributed by atoms with E-state index >= 15 is 0 Å². The molecular weight excluding hydrogens is 364 g/mol. The third-order valence-corrected chi connectivity index (χ3v) is 4.77. The predicted molar refractivity (Wildman–Crippen MR) is 120 cm³/mol. The van der Waals surface area contributed by atoms with Crippen LogP contribution >= 0.6 is 0 Å². The van der Waals surface area contributed by atoms with Crippen molar-refractivity contribution in [3.8, 4) is 11.5 Å². The molecular formula is C25H38O4. The average Bonchev–Trinajstić information content (AvgIpc) is 2.70. The number of rotatable bonds is 16. The first kappa shape index (κ1) is 24.8. The summed E-state index contributed by atoms with van der Waals surface area (Å²) in [4.78, 5) is 12.0. The Balaban J connectivity index is 2.38. The molecule has 0 atom stereocenters. The summed E-state index contributed by atoms with van der Waals surface area (Å²) in [5.74, 6) is 0.414. The second-order valence-corrected chi connectivity index (χ2v) is 7.52. The molecule has 0 saturated carbocycles. The maximum Gasteiger partial charge on any atom is 0.161 e. The van der Waals surface area contributed by atoms with Gasteiger partial charge in [0.05, 0.1) is 6.61 Å². The number of carbonyl (C=O) groups excluding carboxylic acids is 1. The van der Waals surface area contributed by atoms with Gasteiger partial charge in [-0.15, -0.1) is 0 Å². The molecule has 1 rings (SSSR count). The smallest absolute Gasteiger partial charge is 0.161 e. The van der Waals surface area contributed by atoms with Crippen LogP contribution in [0.5, 0.6) is 11.5 Å². The molecule has 29 heavy (non-hydrogen) atoms. The Hall–Kier alpha value is -2.23. The molecule has 1 aromatic rings. The number of aromatic hydroxyl groups is 1. The third-order valence-electron chi connectivity index (χ3n) is 4.77. The summed E-state index contributed by atoms with van der Waals surface area (Å²) in [6, 6.07) is 5.01. The van der Waals surface area contributed by atoms with E-state index in [0.29, 0.717) is 18.8 Å². The molecule has 4 heteroatoms. The quantitative estimate of drug-likeness (QED) is 0.134. The normalized spacial score (nSPS) is 11.9. The van der Waals surface area contributed by atoms with Crippen molar-refractivity contribution in [2.45, 2.75) is 84.5 Å². The second kappa shape index (κ2) is 15.7. The van der Waals surface area contributed by atoms with Gasteiger partial charge in [-0.05, 0) is 36.6 Å². The number of hydrogen-bond donors (Lipinski definition) is 2. The van der Waals surface area contributed by atoms with Gasteiger partial charge in [-0.2, -0.15) is 0 Å². The standard InChI is InChI=1S/C25H38O4/c1-3-5-7-8-9-10-11-12-13-22(26)20-23(27)16-14-21-15-17-24(28)25(19-21)29-18-6-4-2/h14-17,19-20,27-28H,3-13,18H2,1-2H3. The lowest BCUT2D eigenvalue weighted by molar-refractivity contribution is -0.114. The van der Waals surface area contributed by atoms with E-state index in [9.17, 15) is 15.0 Å². The van der Waals surface area contributed by atoms with Gasteiger partial charge in [-0.25, -0.2) is 0 Å². The average molecular weight is 403 g/mol. The van der Waals surface area contributed by atoms with Crippen LogP contribution in [0.3, 0.4) is 0 Å². The van der Waals surface area contributed by atoms with Crippen LogP contribution in [0.4, 0.5) is 0 Å². The number of unbranched alkanes of at least 4 members (excludes halogenated alkanes) is 8. The highest BCUT2D eigenvalue weighted by atomic mass is 16.5. The van der Waals surface area contributed by atoms with Gasteiger partial charge >= 0.3 is 0 Å². The monoisotopic (exact) mass is 402 g/mol. The van der Waals surface area contributed by atoms with E-state index < -0.39 is 0 Å². The molecule has 0 unspecified atom stereocenters. The number of ketones is 1. The molecule has 0 amide bonds. The number of allylic oxidation sites excluding steroid dienone is 2. The molecule has 4 nitrogen and oxygen atoms in total. The van der Waals surface area contributed by atoms with Crippen molar-refractivity contribution >= 4 is 11.9 Å². The fourth-order valence-corrected chi connectivity index (χ4v) is 2.98. The van der Waals surface area contributed by atoms with Crippen molar-refractivity contribution < 1.29 is 19.7 Å². The van der Waals surface area contributed by atoms with E-state index in [1.165, 1.54) is 50.7 Å². The maximum atomic E-state index is 12.0. The number of benzene rings is 1. The predicted octanol–water partition coefficient (Wildman–Crippen LogP) is 7.13. The molecule has 0 spiro atoms. The fourth-order valence-electron chi connectivity index (χ4n) is 2.98. The minimum atomic E-state index is -0.0592. The first-order valence-electron chi connectivity index (χ1n) is 11.1. The van der Waals surface area contributed by atoms with E-state index in [1.54, 1.807) is 24.3 Å². The van der Waals surface area contributed by atoms with Crippen LogP contribution in [0.15, 0.2) is 36.1 Å². The van der Waals surface area contributed by atoms with Crippen molar-refractivity contribution in [2.24, 2.45) is 0 Å². The summed E-state index contributed by atoms with van der Waals surface area (Å²) < 4.78 is 5.57. The zero-order valence-electron chi connectivity index (χ0n) is 18.2. The third kappa shape index (κ3) is 12.0. The van der Waals surface area contributed by atoms with Gasteiger partial charge < -0.3 is 14.9 Å². The molecule has 2 N–H and O–H groups in total. The number of phenolic OH excluding ortho intramolecular Hbond substituents is 1. The first-order chi connectivity index (χ1) is 14.1. The second-order valence-electron chi connectivity index (χ2n) is 7.52. The highest BCUT2D eigenvalue weighted by Gasteiger charge is 2.03. The summed E-state index contributed by atoms with van der Waals surface area (Å²) in [7, 11) is 0. The number of aliphatic hydroxyl groups excluding tert-OH is 1. The van der Waals surface area contributed by atoms with Gasteiger partial charge in [0.15, 0.2) is 17.3 Å². The van der Waals surface area contributed by atoms with E-state index in [-0.39, 0.29) is 17.3 Å². The summed E-state index contributed by atoms with van der Waals surface area (Å²) in [5.41, 5.74) is 0.782. The Morgan fingerprint density at radius 2 is 1.62 bits per heavy atom. The van der Waals surface area contributed by atoms with E-state index in [1.807, 2.05) is 0 Å². The maximum absolute atomic E-state index is 12.0. The van der Waals surface area contributed by atoms with Gasteiger partial charge in [0.25, 0.3) is 0 Å². The van der Waals surface area contributed by atoms with Crippen molar-refractivity contribution in [2.75, 3.05) is 6.61 Å². The lowest BCUT2D eigenvalue weighted by Crippen LogP contribution is -1.97. The van der Waals surface area contributed by atoms with Gasteiger partial charge in [-0.1, -0.05) is 77.4 Å². The van der Waals surface area contributed by atoms with Crippen molar-refractivity contribution in [1.82, 2.24) is 0 Å². The van der Waals surface area contributed by atoms with Gasteiger partial charge in [0, 0.05) is 12.5 Å².